The van der Waals surface area contributed by atoms with Crippen molar-refractivity contribution >= 4 is 43.1 Å². The van der Waals surface area contributed by atoms with E-state index in [4.69, 9.17) is 9.47 Å². The highest BCUT2D eigenvalue weighted by Gasteiger charge is 2.23. The minimum Gasteiger partial charge on any atom is -0.457 e. The summed E-state index contributed by atoms with van der Waals surface area (Å²) in [6.45, 7) is -0.236. The van der Waals surface area contributed by atoms with E-state index in [1.54, 1.807) is 0 Å². The van der Waals surface area contributed by atoms with Crippen molar-refractivity contribution in [2.75, 3.05) is 0 Å². The molecular formula is C66H46O4. The zero-order valence-corrected chi connectivity index (χ0v) is 38.2. The van der Waals surface area contributed by atoms with Crippen LogP contribution in [0.2, 0.25) is 0 Å². The van der Waals surface area contributed by atoms with E-state index in [2.05, 4.69) is 170 Å². The second-order valence-electron chi connectivity index (χ2n) is 17.7. The largest absolute Gasteiger partial charge is 0.457 e. The molecule has 334 valence electrons. The maximum absolute atomic E-state index is 10.7. The highest BCUT2D eigenvalue weighted by molar-refractivity contribution is 6.11. The van der Waals surface area contributed by atoms with E-state index in [9.17, 15) is 10.2 Å². The Labute approximate surface area is 406 Å². The lowest BCUT2D eigenvalue weighted by molar-refractivity contribution is 0.282. The van der Waals surface area contributed by atoms with Gasteiger partial charge < -0.3 is 19.7 Å². The van der Waals surface area contributed by atoms with Gasteiger partial charge in [-0.3, -0.25) is 0 Å². The number of fused-ring (bicyclic) bond motifs is 4. The third kappa shape index (κ3) is 7.91. The maximum Gasteiger partial charge on any atom is 0.136 e. The van der Waals surface area contributed by atoms with Crippen molar-refractivity contribution < 1.29 is 19.7 Å². The first-order valence-electron chi connectivity index (χ1n) is 23.6. The fraction of sp³-hybridized carbons (Fsp3) is 0.0303. The van der Waals surface area contributed by atoms with Crippen molar-refractivity contribution in [3.63, 3.8) is 0 Å². The number of ether oxygens (including phenoxy) is 2. The highest BCUT2D eigenvalue weighted by Crippen LogP contribution is 2.49. The van der Waals surface area contributed by atoms with Crippen LogP contribution in [0, 0.1) is 0 Å². The fourth-order valence-electron chi connectivity index (χ4n) is 10.1. The van der Waals surface area contributed by atoms with Gasteiger partial charge in [-0.05, 0) is 147 Å². The van der Waals surface area contributed by atoms with Crippen LogP contribution in [-0.4, -0.2) is 10.2 Å². The molecule has 12 aromatic rings. The first kappa shape index (κ1) is 42.5. The monoisotopic (exact) mass is 902 g/mol. The van der Waals surface area contributed by atoms with E-state index in [0.29, 0.717) is 23.0 Å². The molecule has 0 amide bonds. The summed E-state index contributed by atoms with van der Waals surface area (Å²) < 4.78 is 14.4. The molecule has 4 nitrogen and oxygen atoms in total. The predicted molar refractivity (Wildman–Crippen MR) is 289 cm³/mol. The van der Waals surface area contributed by atoms with Crippen molar-refractivity contribution in [1.82, 2.24) is 0 Å². The van der Waals surface area contributed by atoms with Crippen LogP contribution in [0.1, 0.15) is 11.1 Å². The van der Waals surface area contributed by atoms with Crippen molar-refractivity contribution in [2.45, 2.75) is 13.2 Å². The zero-order chi connectivity index (χ0) is 47.0. The third-order valence-corrected chi connectivity index (χ3v) is 13.5. The number of benzene rings is 12. The number of aliphatic hydroxyl groups excluding tert-OH is 2. The molecule has 0 bridgehead atoms. The normalized spacial score (nSPS) is 11.4. The molecule has 4 heteroatoms. The van der Waals surface area contributed by atoms with Crippen LogP contribution in [-0.2, 0) is 13.2 Å². The van der Waals surface area contributed by atoms with Gasteiger partial charge in [0.05, 0.1) is 13.2 Å². The fourth-order valence-corrected chi connectivity index (χ4v) is 10.1. The van der Waals surface area contributed by atoms with Crippen molar-refractivity contribution in [2.24, 2.45) is 0 Å². The summed E-state index contributed by atoms with van der Waals surface area (Å²) in [6.07, 6.45) is 0. The topological polar surface area (TPSA) is 58.9 Å². The SMILES string of the molecule is OCc1ccc(Oc2ccc3cc(-c4ccccc4)ccc3c2-c2c(Oc3ccc(CO)c(-c4cccc5ccccc45)c3)ccc3cc(-c4ccccc4)ccc23)cc1-c1cccc2ccccc12. The van der Waals surface area contributed by atoms with Gasteiger partial charge in [-0.15, -0.1) is 0 Å². The molecule has 2 N–H and O–H groups in total. The molecular weight excluding hydrogens is 857 g/mol. The Hall–Kier alpha value is -8.80. The molecule has 12 rings (SSSR count). The lowest BCUT2D eigenvalue weighted by Crippen LogP contribution is -1.97. The molecule has 70 heavy (non-hydrogen) atoms. The molecule has 0 aromatic heterocycles. The molecule has 0 saturated carbocycles. The van der Waals surface area contributed by atoms with Gasteiger partial charge in [-0.25, -0.2) is 0 Å². The van der Waals surface area contributed by atoms with E-state index in [0.717, 1.165) is 110 Å². The Kier molecular flexibility index (Phi) is 11.2. The minimum atomic E-state index is -0.118. The van der Waals surface area contributed by atoms with Crippen molar-refractivity contribution in [1.29, 1.82) is 0 Å². The molecule has 0 unspecified atom stereocenters. The van der Waals surface area contributed by atoms with Crippen LogP contribution in [0.25, 0.3) is 98.7 Å². The van der Waals surface area contributed by atoms with Gasteiger partial charge in [-0.2, -0.15) is 0 Å². The van der Waals surface area contributed by atoms with Crippen LogP contribution >= 0.6 is 0 Å². The van der Waals surface area contributed by atoms with Gasteiger partial charge in [-0.1, -0.05) is 194 Å². The molecule has 0 aliphatic rings. The summed E-state index contributed by atoms with van der Waals surface area (Å²) in [6, 6.07) is 83.7. The summed E-state index contributed by atoms with van der Waals surface area (Å²) in [5.41, 5.74) is 11.7. The van der Waals surface area contributed by atoms with Crippen molar-refractivity contribution in [3.05, 3.63) is 254 Å². The first-order valence-corrected chi connectivity index (χ1v) is 23.6. The summed E-state index contributed by atoms with van der Waals surface area (Å²) >= 11 is 0. The average molecular weight is 903 g/mol. The van der Waals surface area contributed by atoms with Crippen LogP contribution in [0.15, 0.2) is 243 Å². The minimum absolute atomic E-state index is 0.118. The van der Waals surface area contributed by atoms with Gasteiger partial charge in [0, 0.05) is 11.1 Å². The summed E-state index contributed by atoms with van der Waals surface area (Å²) in [4.78, 5) is 0. The Balaban J connectivity index is 1.08. The van der Waals surface area contributed by atoms with E-state index in [1.165, 1.54) is 0 Å². The van der Waals surface area contributed by atoms with Gasteiger partial charge in [0.2, 0.25) is 0 Å². The lowest BCUT2D eigenvalue weighted by Gasteiger charge is -2.21. The molecule has 12 aromatic carbocycles. The van der Waals surface area contributed by atoms with Crippen LogP contribution in [0.3, 0.4) is 0 Å². The Morgan fingerprint density at radius 2 is 0.686 bits per heavy atom. The molecule has 0 radical (unpaired) electrons. The maximum atomic E-state index is 10.7. The van der Waals surface area contributed by atoms with Crippen LogP contribution < -0.4 is 9.47 Å². The van der Waals surface area contributed by atoms with Gasteiger partial charge in [0.1, 0.15) is 23.0 Å². The van der Waals surface area contributed by atoms with E-state index in [-0.39, 0.29) is 13.2 Å². The number of rotatable bonds is 11. The summed E-state index contributed by atoms with van der Waals surface area (Å²) in [7, 11) is 0. The second kappa shape index (κ2) is 18.4. The smallest absolute Gasteiger partial charge is 0.136 e. The molecule has 0 aliphatic carbocycles. The van der Waals surface area contributed by atoms with Gasteiger partial charge in [0.25, 0.3) is 0 Å². The molecule has 0 aliphatic heterocycles. The number of aliphatic hydroxyl groups is 2. The lowest BCUT2D eigenvalue weighted by atomic mass is 9.90. The molecule has 0 spiro atoms. The second-order valence-corrected chi connectivity index (χ2v) is 17.7. The first-order chi connectivity index (χ1) is 34.6. The van der Waals surface area contributed by atoms with E-state index < -0.39 is 0 Å². The quantitative estimate of drug-likeness (QED) is 0.136. The predicted octanol–water partition coefficient (Wildman–Crippen LogP) is 17.2. The third-order valence-electron chi connectivity index (χ3n) is 13.5. The standard InChI is InChI=1S/C66H46O4/c67-41-51-25-31-53(39-61(51)59-23-11-19-45-17-7-9-21-55(45)59)69-63-35-29-49-37-47(43-13-3-1-4-14-43)27-33-57(49)65(63)66-58-34-28-48(44-15-5-2-6-16-44)38-50(58)30-36-64(66)70-54-32-26-52(42-68)62(40-54)60-24-12-20-46-18-8-10-22-56(46)60/h1-40,67-68H,41-42H2. The van der Waals surface area contributed by atoms with Crippen LogP contribution in [0.5, 0.6) is 23.0 Å². The zero-order valence-electron chi connectivity index (χ0n) is 38.2. The number of hydrogen-bond acceptors (Lipinski definition) is 4. The molecule has 0 atom stereocenters. The van der Waals surface area contributed by atoms with Gasteiger partial charge in [0.15, 0.2) is 0 Å². The number of hydrogen-bond donors (Lipinski definition) is 2. The Morgan fingerprint density at radius 1 is 0.271 bits per heavy atom. The summed E-state index contributed by atoms with van der Waals surface area (Å²) in [5.74, 6) is 2.57. The highest BCUT2D eigenvalue weighted by atomic mass is 16.5. The summed E-state index contributed by atoms with van der Waals surface area (Å²) in [5, 5.41) is 29.9. The van der Waals surface area contributed by atoms with Crippen LogP contribution in [0.4, 0.5) is 0 Å². The average Bonchev–Trinajstić information content (AvgIpc) is 3.43. The van der Waals surface area contributed by atoms with Crippen molar-refractivity contribution in [3.8, 4) is 78.6 Å². The molecule has 0 saturated heterocycles. The van der Waals surface area contributed by atoms with E-state index >= 15 is 0 Å². The van der Waals surface area contributed by atoms with Gasteiger partial charge >= 0.3 is 0 Å². The Morgan fingerprint density at radius 3 is 1.13 bits per heavy atom. The Bertz CT molecular complexity index is 3650. The molecule has 0 heterocycles. The molecule has 0 fully saturated rings. The van der Waals surface area contributed by atoms with E-state index in [1.807, 2.05) is 72.8 Å².